The number of fused-ring (bicyclic) bond motifs is 1. The van der Waals surface area contributed by atoms with Gasteiger partial charge in [0.15, 0.2) is 5.82 Å². The van der Waals surface area contributed by atoms with Crippen LogP contribution in [0.5, 0.6) is 0 Å². The molecule has 24 heavy (non-hydrogen) atoms. The summed E-state index contributed by atoms with van der Waals surface area (Å²) < 4.78 is 42.1. The van der Waals surface area contributed by atoms with Gasteiger partial charge in [0.2, 0.25) is 0 Å². The van der Waals surface area contributed by atoms with Gasteiger partial charge in [0.1, 0.15) is 11.5 Å². The number of aromatic nitrogens is 3. The van der Waals surface area contributed by atoms with Gasteiger partial charge in [0, 0.05) is 0 Å². The smallest absolute Gasteiger partial charge is 0.305 e. The molecule has 1 saturated carbocycles. The molecule has 0 radical (unpaired) electrons. The fourth-order valence-electron chi connectivity index (χ4n) is 2.78. The molecule has 1 aliphatic rings. The van der Waals surface area contributed by atoms with Crippen molar-refractivity contribution < 1.29 is 13.2 Å². The van der Waals surface area contributed by atoms with E-state index in [9.17, 15) is 18.0 Å². The van der Waals surface area contributed by atoms with Crippen LogP contribution in [-0.2, 0) is 5.92 Å². The molecule has 2 heterocycles. The van der Waals surface area contributed by atoms with Gasteiger partial charge in [-0.1, -0.05) is 12.1 Å². The first-order valence-electron chi connectivity index (χ1n) is 7.50. The molecule has 122 valence electrons. The Bertz CT molecular complexity index is 979. The number of nitrogens with one attached hydrogen (secondary N) is 1. The number of aromatic amines is 1. The summed E-state index contributed by atoms with van der Waals surface area (Å²) in [5, 5.41) is 0.353. The molecule has 0 aliphatic heterocycles. The number of halogens is 3. The van der Waals surface area contributed by atoms with Gasteiger partial charge in [-0.15, -0.1) is 0 Å². The fraction of sp³-hybridized carbons (Fsp3) is 0.235. The highest BCUT2D eigenvalue weighted by atomic mass is 19.3. The van der Waals surface area contributed by atoms with Gasteiger partial charge in [0.25, 0.3) is 5.56 Å². The Labute approximate surface area is 134 Å². The van der Waals surface area contributed by atoms with Crippen molar-refractivity contribution in [2.24, 2.45) is 0 Å². The van der Waals surface area contributed by atoms with Gasteiger partial charge in [-0.3, -0.25) is 9.78 Å². The topological polar surface area (TPSA) is 58.6 Å². The van der Waals surface area contributed by atoms with E-state index in [4.69, 9.17) is 0 Å². The lowest BCUT2D eigenvalue weighted by atomic mass is 10.1. The van der Waals surface area contributed by atoms with Gasteiger partial charge in [-0.25, -0.2) is 9.37 Å². The summed E-state index contributed by atoms with van der Waals surface area (Å²) in [5.41, 5.74) is -0.208. The van der Waals surface area contributed by atoms with Gasteiger partial charge < -0.3 is 4.98 Å². The molecule has 1 N–H and O–H groups in total. The summed E-state index contributed by atoms with van der Waals surface area (Å²) in [6.45, 7) is 0. The fourth-order valence-corrected chi connectivity index (χ4v) is 2.78. The van der Waals surface area contributed by atoms with Crippen molar-refractivity contribution in [1.29, 1.82) is 0 Å². The Balaban J connectivity index is 1.88. The predicted octanol–water partition coefficient (Wildman–Crippen LogP) is 3.47. The molecule has 1 aromatic carbocycles. The zero-order valence-electron chi connectivity index (χ0n) is 12.4. The molecule has 0 amide bonds. The Morgan fingerprint density at radius 3 is 2.62 bits per heavy atom. The number of pyridine rings is 1. The highest BCUT2D eigenvalue weighted by Gasteiger charge is 2.39. The van der Waals surface area contributed by atoms with Crippen LogP contribution < -0.4 is 5.56 Å². The predicted molar refractivity (Wildman–Crippen MR) is 81.5 cm³/mol. The monoisotopic (exact) mass is 331 g/mol. The van der Waals surface area contributed by atoms with Crippen molar-refractivity contribution in [3.63, 3.8) is 0 Å². The average Bonchev–Trinajstić information content (AvgIpc) is 3.39. The van der Waals surface area contributed by atoms with Gasteiger partial charge in [0.05, 0.1) is 17.1 Å². The highest BCUT2D eigenvalue weighted by Crippen LogP contribution is 2.42. The summed E-state index contributed by atoms with van der Waals surface area (Å²) >= 11 is 0. The molecule has 1 fully saturated rings. The number of hydrogen-bond donors (Lipinski definition) is 1. The minimum atomic E-state index is -3.63. The Morgan fingerprint density at radius 2 is 1.96 bits per heavy atom. The minimum absolute atomic E-state index is 0.222. The third kappa shape index (κ3) is 2.36. The van der Waals surface area contributed by atoms with E-state index in [1.165, 1.54) is 6.07 Å². The van der Waals surface area contributed by atoms with Crippen LogP contribution in [0.1, 0.15) is 35.8 Å². The number of H-pyrrole nitrogens is 1. The maximum absolute atomic E-state index is 14.6. The largest absolute Gasteiger partial charge is 0.346 e. The van der Waals surface area contributed by atoms with Crippen LogP contribution in [0, 0.1) is 5.82 Å². The van der Waals surface area contributed by atoms with Gasteiger partial charge in [-0.05, 0) is 42.5 Å². The molecular weight excluding hydrogens is 319 g/mol. The Kier molecular flexibility index (Phi) is 3.19. The van der Waals surface area contributed by atoms with Crippen LogP contribution in [0.3, 0.4) is 0 Å². The van der Waals surface area contributed by atoms with E-state index in [0.29, 0.717) is 17.5 Å². The lowest BCUT2D eigenvalue weighted by Gasteiger charge is -2.15. The van der Waals surface area contributed by atoms with E-state index in [2.05, 4.69) is 15.0 Å². The van der Waals surface area contributed by atoms with E-state index < -0.39 is 28.8 Å². The van der Waals surface area contributed by atoms with Crippen LogP contribution in [0.2, 0.25) is 0 Å². The molecule has 0 atom stereocenters. The highest BCUT2D eigenvalue weighted by molar-refractivity contribution is 5.82. The summed E-state index contributed by atoms with van der Waals surface area (Å²) in [4.78, 5) is 21.9. The van der Waals surface area contributed by atoms with E-state index in [-0.39, 0.29) is 5.52 Å². The SMILES string of the molecule is O=c1[nH]c(C(F)(F)c2ccc(F)cn2)nc2cccc(C3CC3)c12. The van der Waals surface area contributed by atoms with Crippen molar-refractivity contribution in [2.45, 2.75) is 24.7 Å². The molecule has 0 bridgehead atoms. The molecular formula is C17H12F3N3O. The van der Waals surface area contributed by atoms with Crippen molar-refractivity contribution in [3.8, 4) is 0 Å². The summed E-state index contributed by atoms with van der Waals surface area (Å²) in [6, 6.07) is 6.84. The van der Waals surface area contributed by atoms with Crippen LogP contribution in [0.25, 0.3) is 10.9 Å². The molecule has 2 aromatic heterocycles. The summed E-state index contributed by atoms with van der Waals surface area (Å²) in [7, 11) is 0. The maximum Gasteiger partial charge on any atom is 0.346 e. The van der Waals surface area contributed by atoms with Crippen molar-refractivity contribution >= 4 is 10.9 Å². The summed E-state index contributed by atoms with van der Waals surface area (Å²) in [5.74, 6) is -4.85. The second kappa shape index (κ2) is 5.15. The first-order chi connectivity index (χ1) is 11.5. The molecule has 4 nitrogen and oxygen atoms in total. The van der Waals surface area contributed by atoms with Crippen LogP contribution in [0.15, 0.2) is 41.3 Å². The normalized spacial score (nSPS) is 15.0. The zero-order valence-corrected chi connectivity index (χ0v) is 12.4. The number of hydrogen-bond acceptors (Lipinski definition) is 3. The quantitative estimate of drug-likeness (QED) is 0.799. The second-order valence-electron chi connectivity index (χ2n) is 5.87. The van der Waals surface area contributed by atoms with Gasteiger partial charge >= 0.3 is 5.92 Å². The van der Waals surface area contributed by atoms with E-state index in [1.54, 1.807) is 6.07 Å². The van der Waals surface area contributed by atoms with Crippen molar-refractivity contribution in [3.05, 3.63) is 69.8 Å². The van der Waals surface area contributed by atoms with Gasteiger partial charge in [-0.2, -0.15) is 8.78 Å². The number of alkyl halides is 2. The molecule has 1 aliphatic carbocycles. The first-order valence-corrected chi connectivity index (χ1v) is 7.50. The molecule has 0 spiro atoms. The van der Waals surface area contributed by atoms with E-state index in [0.717, 1.165) is 30.5 Å². The van der Waals surface area contributed by atoms with Crippen LogP contribution in [0.4, 0.5) is 13.2 Å². The van der Waals surface area contributed by atoms with Crippen molar-refractivity contribution in [1.82, 2.24) is 15.0 Å². The third-order valence-corrected chi connectivity index (χ3v) is 4.13. The molecule has 3 aromatic rings. The third-order valence-electron chi connectivity index (χ3n) is 4.13. The zero-order chi connectivity index (χ0) is 16.9. The molecule has 4 rings (SSSR count). The second-order valence-corrected chi connectivity index (χ2v) is 5.87. The first kappa shape index (κ1) is 14.9. The number of rotatable bonds is 3. The average molecular weight is 331 g/mol. The van der Waals surface area contributed by atoms with E-state index in [1.807, 2.05) is 6.07 Å². The van der Waals surface area contributed by atoms with Crippen LogP contribution in [-0.4, -0.2) is 15.0 Å². The number of benzene rings is 1. The Hall–Kier alpha value is -2.70. The molecule has 7 heteroatoms. The lowest BCUT2D eigenvalue weighted by Crippen LogP contribution is -2.25. The Morgan fingerprint density at radius 1 is 1.17 bits per heavy atom. The summed E-state index contributed by atoms with van der Waals surface area (Å²) in [6.07, 6.45) is 2.67. The van der Waals surface area contributed by atoms with Crippen molar-refractivity contribution in [2.75, 3.05) is 0 Å². The maximum atomic E-state index is 14.6. The minimum Gasteiger partial charge on any atom is -0.305 e. The van der Waals surface area contributed by atoms with E-state index >= 15 is 0 Å². The standard InChI is InChI=1S/C17H12F3N3O/c18-10-6-7-13(21-8-10)17(19,20)16-22-12-3-1-2-11(9-4-5-9)14(12)15(24)23-16/h1-3,6-9H,4-5H2,(H,22,23,24). The lowest BCUT2D eigenvalue weighted by molar-refractivity contribution is 0.0281. The molecule has 0 unspecified atom stereocenters. The van der Waals surface area contributed by atoms with Crippen LogP contribution >= 0.6 is 0 Å². The number of nitrogens with zero attached hydrogens (tertiary/aromatic N) is 2. The molecule has 0 saturated heterocycles.